The molecule has 0 bridgehead atoms. The molecule has 0 aliphatic heterocycles. The number of hydrogen-bond donors (Lipinski definition) is 1. The lowest BCUT2D eigenvalue weighted by atomic mass is 10.2. The van der Waals surface area contributed by atoms with Crippen LogP contribution in [0.15, 0.2) is 36.5 Å². The number of pyridine rings is 1. The Balaban J connectivity index is 2.15. The van der Waals surface area contributed by atoms with E-state index < -0.39 is 0 Å². The van der Waals surface area contributed by atoms with E-state index >= 15 is 0 Å². The summed E-state index contributed by atoms with van der Waals surface area (Å²) in [5.74, 6) is 0.721. The molecule has 0 saturated carbocycles. The third kappa shape index (κ3) is 2.62. The molecule has 0 spiro atoms. The summed E-state index contributed by atoms with van der Waals surface area (Å²) in [5.41, 5.74) is 3.22. The number of hydrogen-bond acceptors (Lipinski definition) is 2. The van der Waals surface area contributed by atoms with Crippen LogP contribution in [-0.2, 0) is 13.7 Å². The average Bonchev–Trinajstić information content (AvgIpc) is 2.36. The van der Waals surface area contributed by atoms with Crippen molar-refractivity contribution >= 4 is 0 Å². The van der Waals surface area contributed by atoms with E-state index in [1.54, 1.807) is 6.07 Å². The number of benzene rings is 1. The number of ether oxygens (including phenoxy) is 1. The van der Waals surface area contributed by atoms with Crippen molar-refractivity contribution in [1.82, 2.24) is 0 Å². The molecule has 0 atom stereocenters. The monoisotopic (exact) mass is 244 g/mol. The molecule has 0 amide bonds. The molecule has 3 heteroatoms. The lowest BCUT2D eigenvalue weighted by Crippen LogP contribution is -2.31. The summed E-state index contributed by atoms with van der Waals surface area (Å²) in [4.78, 5) is 0. The summed E-state index contributed by atoms with van der Waals surface area (Å²) in [6.07, 6.45) is 1.81. The molecule has 94 valence electrons. The largest absolute Gasteiger partial charge is 0.504 e. The van der Waals surface area contributed by atoms with Gasteiger partial charge in [-0.1, -0.05) is 29.8 Å². The van der Waals surface area contributed by atoms with Crippen LogP contribution >= 0.6 is 0 Å². The first-order valence-electron chi connectivity index (χ1n) is 5.94. The second kappa shape index (κ2) is 5.08. The molecule has 1 heterocycles. The second-order valence-corrected chi connectivity index (χ2v) is 4.50. The molecule has 1 aromatic carbocycles. The van der Waals surface area contributed by atoms with E-state index in [0.29, 0.717) is 12.4 Å². The normalized spacial score (nSPS) is 10.4. The summed E-state index contributed by atoms with van der Waals surface area (Å²) in [5, 5.41) is 9.80. The third-order valence-electron chi connectivity index (χ3n) is 3.05. The average molecular weight is 244 g/mol. The Morgan fingerprint density at radius 1 is 1.11 bits per heavy atom. The molecule has 18 heavy (non-hydrogen) atoms. The first kappa shape index (κ1) is 12.4. The van der Waals surface area contributed by atoms with Crippen molar-refractivity contribution in [2.75, 3.05) is 0 Å². The molecular formula is C15H18NO2+. The van der Waals surface area contributed by atoms with E-state index in [2.05, 4.69) is 19.1 Å². The van der Waals surface area contributed by atoms with Crippen LogP contribution in [0.5, 0.6) is 11.5 Å². The minimum Gasteiger partial charge on any atom is -0.504 e. The molecule has 1 N–H and O–H groups in total. The fraction of sp³-hybridized carbons (Fsp3) is 0.267. The Kier molecular flexibility index (Phi) is 3.51. The van der Waals surface area contributed by atoms with Gasteiger partial charge in [0.2, 0.25) is 11.4 Å². The molecule has 2 aromatic rings. The summed E-state index contributed by atoms with van der Waals surface area (Å²) in [7, 11) is 1.92. The van der Waals surface area contributed by atoms with Crippen LogP contribution < -0.4 is 9.30 Å². The molecule has 2 rings (SSSR count). The molecule has 0 aliphatic rings. The lowest BCUT2D eigenvalue weighted by molar-refractivity contribution is -0.678. The summed E-state index contributed by atoms with van der Waals surface area (Å²) < 4.78 is 7.62. The zero-order valence-corrected chi connectivity index (χ0v) is 11.0. The van der Waals surface area contributed by atoms with E-state index in [1.165, 1.54) is 5.56 Å². The Bertz CT molecular complexity index is 547. The van der Waals surface area contributed by atoms with Crippen LogP contribution in [0.3, 0.4) is 0 Å². The smallest absolute Gasteiger partial charge is 0.229 e. The minimum atomic E-state index is 0.178. The highest BCUT2D eigenvalue weighted by Crippen LogP contribution is 2.27. The van der Waals surface area contributed by atoms with E-state index in [4.69, 9.17) is 4.74 Å². The fourth-order valence-electron chi connectivity index (χ4n) is 1.73. The topological polar surface area (TPSA) is 33.3 Å². The van der Waals surface area contributed by atoms with E-state index in [-0.39, 0.29) is 5.75 Å². The van der Waals surface area contributed by atoms with Crippen LogP contribution in [0.2, 0.25) is 0 Å². The highest BCUT2D eigenvalue weighted by atomic mass is 16.5. The van der Waals surface area contributed by atoms with Gasteiger partial charge in [-0.15, -0.1) is 0 Å². The number of aromatic hydroxyl groups is 1. The zero-order chi connectivity index (χ0) is 13.1. The van der Waals surface area contributed by atoms with E-state index in [1.807, 2.05) is 36.9 Å². The maximum atomic E-state index is 9.80. The molecule has 0 aliphatic carbocycles. The van der Waals surface area contributed by atoms with Crippen LogP contribution in [-0.4, -0.2) is 5.11 Å². The Morgan fingerprint density at radius 2 is 1.78 bits per heavy atom. The molecule has 3 nitrogen and oxygen atoms in total. The number of aromatic nitrogens is 1. The molecule has 0 radical (unpaired) electrons. The van der Waals surface area contributed by atoms with Crippen molar-refractivity contribution in [3.05, 3.63) is 53.3 Å². The van der Waals surface area contributed by atoms with Crippen molar-refractivity contribution < 1.29 is 14.4 Å². The summed E-state index contributed by atoms with van der Waals surface area (Å²) in [6.45, 7) is 4.43. The van der Waals surface area contributed by atoms with Gasteiger partial charge in [0.05, 0.1) is 0 Å². The van der Waals surface area contributed by atoms with Gasteiger partial charge in [-0.25, -0.2) is 4.57 Å². The number of rotatable bonds is 3. The maximum Gasteiger partial charge on any atom is 0.229 e. The number of aryl methyl sites for hydroxylation is 2. The van der Waals surface area contributed by atoms with Crippen molar-refractivity contribution in [1.29, 1.82) is 0 Å². The quantitative estimate of drug-likeness (QED) is 0.841. The minimum absolute atomic E-state index is 0.178. The van der Waals surface area contributed by atoms with Crippen LogP contribution in [0.4, 0.5) is 0 Å². The predicted octanol–water partition coefficient (Wildman–Crippen LogP) is 2.41. The van der Waals surface area contributed by atoms with Gasteiger partial charge in [0, 0.05) is 13.0 Å². The molecule has 0 fully saturated rings. The molecule has 0 saturated heterocycles. The lowest BCUT2D eigenvalue weighted by Gasteiger charge is -2.09. The van der Waals surface area contributed by atoms with Gasteiger partial charge >= 0.3 is 0 Å². The van der Waals surface area contributed by atoms with Crippen LogP contribution in [0, 0.1) is 13.8 Å². The Labute approximate surface area is 107 Å². The second-order valence-electron chi connectivity index (χ2n) is 4.50. The van der Waals surface area contributed by atoms with Gasteiger partial charge in [-0.3, -0.25) is 0 Å². The highest BCUT2D eigenvalue weighted by molar-refractivity contribution is 5.38. The van der Waals surface area contributed by atoms with Crippen molar-refractivity contribution in [2.24, 2.45) is 7.05 Å². The predicted molar refractivity (Wildman–Crippen MR) is 69.5 cm³/mol. The van der Waals surface area contributed by atoms with Crippen molar-refractivity contribution in [3.8, 4) is 11.5 Å². The van der Waals surface area contributed by atoms with Crippen LogP contribution in [0.25, 0.3) is 0 Å². The molecule has 1 aromatic heterocycles. The fourth-order valence-corrected chi connectivity index (χ4v) is 1.73. The van der Waals surface area contributed by atoms with Gasteiger partial charge < -0.3 is 9.84 Å². The molecular weight excluding hydrogens is 226 g/mol. The van der Waals surface area contributed by atoms with Crippen molar-refractivity contribution in [3.63, 3.8) is 0 Å². The first-order chi connectivity index (χ1) is 8.58. The number of nitrogens with zero attached hydrogens (tertiary/aromatic N) is 1. The van der Waals surface area contributed by atoms with E-state index in [0.717, 1.165) is 11.3 Å². The maximum absolute atomic E-state index is 9.80. The first-order valence-corrected chi connectivity index (χ1v) is 5.94. The van der Waals surface area contributed by atoms with Gasteiger partial charge in [0.15, 0.2) is 11.9 Å². The standard InChI is InChI=1S/C15H17NO2/c1-11-4-6-13(7-5-11)10-18-15-12(2)16(3)9-8-14(15)17/h4-9H,10H2,1-3H3/p+1. The van der Waals surface area contributed by atoms with Gasteiger partial charge in [0.25, 0.3) is 0 Å². The van der Waals surface area contributed by atoms with Gasteiger partial charge in [0.1, 0.15) is 13.7 Å². The highest BCUT2D eigenvalue weighted by Gasteiger charge is 2.14. The summed E-state index contributed by atoms with van der Waals surface area (Å²) >= 11 is 0. The van der Waals surface area contributed by atoms with Gasteiger partial charge in [-0.05, 0) is 12.5 Å². The van der Waals surface area contributed by atoms with Gasteiger partial charge in [-0.2, -0.15) is 0 Å². The zero-order valence-electron chi connectivity index (χ0n) is 11.0. The Morgan fingerprint density at radius 3 is 2.44 bits per heavy atom. The van der Waals surface area contributed by atoms with E-state index in [9.17, 15) is 5.11 Å². The van der Waals surface area contributed by atoms with Crippen molar-refractivity contribution in [2.45, 2.75) is 20.5 Å². The Hall–Kier alpha value is -2.03. The van der Waals surface area contributed by atoms with Crippen LogP contribution in [0.1, 0.15) is 16.8 Å². The summed E-state index contributed by atoms with van der Waals surface area (Å²) in [6, 6.07) is 9.81. The molecule has 0 unspecified atom stereocenters. The third-order valence-corrected chi connectivity index (χ3v) is 3.05. The SMILES string of the molecule is Cc1ccc(COc2c(O)cc[n+](C)c2C)cc1.